The van der Waals surface area contributed by atoms with Gasteiger partial charge in [-0.25, -0.2) is 4.99 Å². The Morgan fingerprint density at radius 1 is 1.15 bits per heavy atom. The zero-order chi connectivity index (χ0) is 19.1. The minimum Gasteiger partial charge on any atom is -0.357 e. The normalized spacial score (nSPS) is 11.9. The predicted octanol–water partition coefficient (Wildman–Crippen LogP) is 3.34. The maximum absolute atomic E-state index is 6.09. The molecule has 0 bridgehead atoms. The average molecular weight is 376 g/mol. The Bertz CT molecular complexity index is 736. The van der Waals surface area contributed by atoms with Gasteiger partial charge < -0.3 is 19.7 Å². The molecule has 5 nitrogen and oxygen atoms in total. The van der Waals surface area contributed by atoms with Gasteiger partial charge in [0.05, 0.1) is 18.1 Å². The summed E-state index contributed by atoms with van der Waals surface area (Å²) < 4.78 is 2.05. The molecule has 0 saturated heterocycles. The Hall–Kier alpha value is -1.98. The second-order valence-electron chi connectivity index (χ2n) is 6.84. The number of rotatable bonds is 7. The van der Waals surface area contributed by atoms with E-state index in [2.05, 4.69) is 60.4 Å². The standard InChI is InChI=1S/C20H30ClN5/c1-6-22-20(26(5)15-19-11-18(21)14-25(19)4)23-12-16-8-7-9-17(10-16)13-24(2)3/h7-11,14H,6,12-13,15H2,1-5H3,(H,22,23). The topological polar surface area (TPSA) is 35.8 Å². The first-order chi connectivity index (χ1) is 12.4. The lowest BCUT2D eigenvalue weighted by molar-refractivity contribution is 0.402. The van der Waals surface area contributed by atoms with E-state index in [9.17, 15) is 0 Å². The molecule has 2 aromatic rings. The first-order valence-electron chi connectivity index (χ1n) is 8.91. The first-order valence-corrected chi connectivity index (χ1v) is 9.29. The van der Waals surface area contributed by atoms with Crippen molar-refractivity contribution in [1.29, 1.82) is 0 Å². The molecule has 6 heteroatoms. The molecule has 2 rings (SSSR count). The maximum Gasteiger partial charge on any atom is 0.194 e. The van der Waals surface area contributed by atoms with Crippen molar-refractivity contribution in [2.75, 3.05) is 27.7 Å². The molecule has 0 fully saturated rings. The van der Waals surface area contributed by atoms with Crippen LogP contribution in [0.1, 0.15) is 23.7 Å². The summed E-state index contributed by atoms with van der Waals surface area (Å²) in [6, 6.07) is 10.6. The number of guanidine groups is 1. The second-order valence-corrected chi connectivity index (χ2v) is 7.28. The molecule has 0 aliphatic rings. The van der Waals surface area contributed by atoms with E-state index < -0.39 is 0 Å². The lowest BCUT2D eigenvalue weighted by Gasteiger charge is -2.22. The summed E-state index contributed by atoms with van der Waals surface area (Å²) >= 11 is 6.09. The molecule has 0 aliphatic heterocycles. The van der Waals surface area contributed by atoms with Crippen molar-refractivity contribution in [3.05, 3.63) is 58.4 Å². The Kier molecular flexibility index (Phi) is 7.54. The number of benzene rings is 1. The van der Waals surface area contributed by atoms with Gasteiger partial charge in [0.1, 0.15) is 0 Å². The van der Waals surface area contributed by atoms with Gasteiger partial charge in [-0.2, -0.15) is 0 Å². The molecule has 1 aromatic carbocycles. The summed E-state index contributed by atoms with van der Waals surface area (Å²) in [5, 5.41) is 4.13. The van der Waals surface area contributed by atoms with Crippen molar-refractivity contribution in [1.82, 2.24) is 19.7 Å². The fourth-order valence-corrected chi connectivity index (χ4v) is 3.14. The third-order valence-corrected chi connectivity index (χ3v) is 4.28. The van der Waals surface area contributed by atoms with Crippen molar-refractivity contribution < 1.29 is 0 Å². The molecular weight excluding hydrogens is 346 g/mol. The molecule has 0 saturated carbocycles. The highest BCUT2D eigenvalue weighted by molar-refractivity contribution is 6.30. The minimum atomic E-state index is 0.655. The van der Waals surface area contributed by atoms with Crippen molar-refractivity contribution in [2.24, 2.45) is 12.0 Å². The number of nitrogens with zero attached hydrogens (tertiary/aromatic N) is 4. The molecule has 1 aromatic heterocycles. The fourth-order valence-electron chi connectivity index (χ4n) is 2.87. The van der Waals surface area contributed by atoms with Crippen molar-refractivity contribution in [3.8, 4) is 0 Å². The van der Waals surface area contributed by atoms with Crippen LogP contribution in [0.25, 0.3) is 0 Å². The molecule has 26 heavy (non-hydrogen) atoms. The Morgan fingerprint density at radius 3 is 2.50 bits per heavy atom. The highest BCUT2D eigenvalue weighted by Gasteiger charge is 2.10. The van der Waals surface area contributed by atoms with Crippen LogP contribution in [0.3, 0.4) is 0 Å². The summed E-state index contributed by atoms with van der Waals surface area (Å²) in [6.45, 7) is 5.25. The molecule has 0 spiro atoms. The SMILES string of the molecule is CCNC(=NCc1cccc(CN(C)C)c1)N(C)Cc1cc(Cl)cn1C. The van der Waals surface area contributed by atoms with Crippen LogP contribution >= 0.6 is 11.6 Å². The molecule has 0 aliphatic carbocycles. The summed E-state index contributed by atoms with van der Waals surface area (Å²) in [6.07, 6.45) is 1.92. The van der Waals surface area contributed by atoms with Gasteiger partial charge in [0.25, 0.3) is 0 Å². The summed E-state index contributed by atoms with van der Waals surface area (Å²) in [5.74, 6) is 0.892. The Labute approximate surface area is 162 Å². The zero-order valence-electron chi connectivity index (χ0n) is 16.5. The fraction of sp³-hybridized carbons (Fsp3) is 0.450. The summed E-state index contributed by atoms with van der Waals surface area (Å²) in [7, 11) is 8.22. The van der Waals surface area contributed by atoms with E-state index in [4.69, 9.17) is 16.6 Å². The third-order valence-electron chi connectivity index (χ3n) is 4.07. The number of halogens is 1. The van der Waals surface area contributed by atoms with Crippen LogP contribution in [0.15, 0.2) is 41.5 Å². The number of aromatic nitrogens is 1. The van der Waals surface area contributed by atoms with Crippen molar-refractivity contribution >= 4 is 17.6 Å². The lowest BCUT2D eigenvalue weighted by Crippen LogP contribution is -2.38. The summed E-state index contributed by atoms with van der Waals surface area (Å²) in [4.78, 5) is 9.11. The molecule has 142 valence electrons. The van der Waals surface area contributed by atoms with E-state index in [0.29, 0.717) is 6.54 Å². The van der Waals surface area contributed by atoms with E-state index in [1.54, 1.807) is 0 Å². The molecule has 1 heterocycles. The molecule has 0 amide bonds. The van der Waals surface area contributed by atoms with Gasteiger partial charge in [0.2, 0.25) is 0 Å². The largest absolute Gasteiger partial charge is 0.357 e. The van der Waals surface area contributed by atoms with Gasteiger partial charge in [-0.15, -0.1) is 0 Å². The van der Waals surface area contributed by atoms with Gasteiger partial charge in [0.15, 0.2) is 5.96 Å². The Morgan fingerprint density at radius 2 is 1.88 bits per heavy atom. The van der Waals surface area contributed by atoms with Gasteiger partial charge in [-0.05, 0) is 38.2 Å². The van der Waals surface area contributed by atoms with Crippen LogP contribution in [-0.2, 0) is 26.7 Å². The highest BCUT2D eigenvalue weighted by atomic mass is 35.5. The third kappa shape index (κ3) is 6.07. The van der Waals surface area contributed by atoms with E-state index in [1.165, 1.54) is 11.1 Å². The van der Waals surface area contributed by atoms with Crippen molar-refractivity contribution in [2.45, 2.75) is 26.6 Å². The zero-order valence-corrected chi connectivity index (χ0v) is 17.2. The van der Waals surface area contributed by atoms with E-state index in [1.807, 2.05) is 30.9 Å². The van der Waals surface area contributed by atoms with Crippen LogP contribution in [0.5, 0.6) is 0 Å². The minimum absolute atomic E-state index is 0.655. The van der Waals surface area contributed by atoms with E-state index in [0.717, 1.165) is 36.3 Å². The van der Waals surface area contributed by atoms with E-state index in [-0.39, 0.29) is 0 Å². The van der Waals surface area contributed by atoms with Crippen LogP contribution in [0.4, 0.5) is 0 Å². The first kappa shape index (κ1) is 20.3. The monoisotopic (exact) mass is 375 g/mol. The van der Waals surface area contributed by atoms with Crippen LogP contribution in [-0.4, -0.2) is 48.0 Å². The quantitative estimate of drug-likeness (QED) is 0.595. The number of aliphatic imine (C=N–C) groups is 1. The van der Waals surface area contributed by atoms with Crippen LogP contribution < -0.4 is 5.32 Å². The molecule has 0 unspecified atom stereocenters. The smallest absolute Gasteiger partial charge is 0.194 e. The van der Waals surface area contributed by atoms with Gasteiger partial charge in [0, 0.05) is 39.1 Å². The molecular formula is C20H30ClN5. The highest BCUT2D eigenvalue weighted by Crippen LogP contribution is 2.14. The molecule has 0 atom stereocenters. The number of nitrogens with one attached hydrogen (secondary N) is 1. The molecule has 0 radical (unpaired) electrons. The Balaban J connectivity index is 2.09. The summed E-state index contributed by atoms with van der Waals surface area (Å²) in [5.41, 5.74) is 3.67. The lowest BCUT2D eigenvalue weighted by atomic mass is 10.1. The number of hydrogen-bond acceptors (Lipinski definition) is 2. The van der Waals surface area contributed by atoms with Gasteiger partial charge in [-0.3, -0.25) is 0 Å². The van der Waals surface area contributed by atoms with Crippen LogP contribution in [0.2, 0.25) is 5.02 Å². The van der Waals surface area contributed by atoms with Crippen molar-refractivity contribution in [3.63, 3.8) is 0 Å². The van der Waals surface area contributed by atoms with Gasteiger partial charge in [-0.1, -0.05) is 35.9 Å². The number of aryl methyl sites for hydroxylation is 1. The maximum atomic E-state index is 6.09. The second kappa shape index (κ2) is 9.64. The van der Waals surface area contributed by atoms with E-state index >= 15 is 0 Å². The average Bonchev–Trinajstić information content (AvgIpc) is 2.88. The van der Waals surface area contributed by atoms with Gasteiger partial charge >= 0.3 is 0 Å². The predicted molar refractivity (Wildman–Crippen MR) is 111 cm³/mol. The van der Waals surface area contributed by atoms with Crippen LogP contribution in [0, 0.1) is 0 Å². The number of hydrogen-bond donors (Lipinski definition) is 1. The molecule has 1 N–H and O–H groups in total.